The van der Waals surface area contributed by atoms with Crippen LogP contribution in [0.4, 0.5) is 0 Å². The molecule has 0 fully saturated rings. The zero-order chi connectivity index (χ0) is 11.9. The van der Waals surface area contributed by atoms with E-state index in [0.717, 1.165) is 0 Å². The van der Waals surface area contributed by atoms with Gasteiger partial charge < -0.3 is 0 Å². The summed E-state index contributed by atoms with van der Waals surface area (Å²) in [7, 11) is 0. The van der Waals surface area contributed by atoms with Crippen LogP contribution in [0.3, 0.4) is 0 Å². The van der Waals surface area contributed by atoms with Crippen LogP contribution in [-0.4, -0.2) is 0 Å². The molecule has 0 saturated heterocycles. The first-order chi connectivity index (χ1) is 7.26. The summed E-state index contributed by atoms with van der Waals surface area (Å²) in [6.45, 7) is 8.88. The molecule has 0 N–H and O–H groups in total. The zero-order valence-electron chi connectivity index (χ0n) is 8.85. The van der Waals surface area contributed by atoms with Crippen LogP contribution < -0.4 is 0 Å². The molecule has 0 aliphatic carbocycles. The molecule has 1 rings (SSSR count). The Bertz CT molecular complexity index is 327. The smallest absolute Gasteiger partial charge is 0.181 e. The van der Waals surface area contributed by atoms with Gasteiger partial charge >= 0.3 is 0 Å². The van der Waals surface area contributed by atoms with Gasteiger partial charge in [0.25, 0.3) is 0 Å². The third-order valence-corrected chi connectivity index (χ3v) is 1.09. The first kappa shape index (κ1) is 15.2. The van der Waals surface area contributed by atoms with E-state index in [9.17, 15) is 0 Å². The van der Waals surface area contributed by atoms with E-state index in [1.807, 2.05) is 43.3 Å². The van der Waals surface area contributed by atoms with Gasteiger partial charge in [0.2, 0.25) is 0 Å². The van der Waals surface area contributed by atoms with Gasteiger partial charge in [0.05, 0.1) is 0 Å². The molecular weight excluding hydrogens is 184 g/mol. The lowest BCUT2D eigenvalue weighted by molar-refractivity contribution is 1.49. The number of allylic oxidation sites excluding steroid dienone is 1. The highest BCUT2D eigenvalue weighted by Crippen LogP contribution is 1.97. The second-order valence-electron chi connectivity index (χ2n) is 2.25. The van der Waals surface area contributed by atoms with Crippen LogP contribution >= 0.6 is 0 Å². The Labute approximate surface area is 91.4 Å². The minimum absolute atomic E-state index is 1.17. The Morgan fingerprint density at radius 3 is 1.67 bits per heavy atom. The molecule has 1 aromatic carbocycles. The monoisotopic (exact) mass is 198 g/mol. The normalized spacial score (nSPS) is 6.07. The Balaban J connectivity index is 0. The van der Waals surface area contributed by atoms with E-state index in [2.05, 4.69) is 13.2 Å². The van der Waals surface area contributed by atoms with Crippen molar-refractivity contribution < 1.29 is 0 Å². The fourth-order valence-electron chi connectivity index (χ4n) is 0.589. The van der Waals surface area contributed by atoms with Crippen molar-refractivity contribution in [3.8, 4) is 12.1 Å². The molecule has 0 bridgehead atoms. The Hall–Kier alpha value is -2.32. The Morgan fingerprint density at radius 2 is 1.47 bits per heavy atom. The predicted molar refractivity (Wildman–Crippen MR) is 63.6 cm³/mol. The first-order valence-corrected chi connectivity index (χ1v) is 4.29. The molecular formula is C13H14N2. The number of nitriles is 2. The van der Waals surface area contributed by atoms with Gasteiger partial charge in [-0.25, -0.2) is 0 Å². The molecule has 0 aliphatic heterocycles. The predicted octanol–water partition coefficient (Wildman–Crippen LogP) is 3.56. The van der Waals surface area contributed by atoms with Gasteiger partial charge in [0.15, 0.2) is 12.1 Å². The SMILES string of the molecule is C=CC.C=Cc1ccccc1.N#CC#N. The average molecular weight is 198 g/mol. The summed E-state index contributed by atoms with van der Waals surface area (Å²) >= 11 is 0. The van der Waals surface area contributed by atoms with E-state index >= 15 is 0 Å². The molecule has 0 spiro atoms. The number of benzene rings is 1. The number of hydrogen-bond donors (Lipinski definition) is 0. The van der Waals surface area contributed by atoms with Gasteiger partial charge in [-0.2, -0.15) is 10.5 Å². The lowest BCUT2D eigenvalue weighted by Gasteiger charge is -1.85. The fraction of sp³-hybridized carbons (Fsp3) is 0.0769. The third kappa shape index (κ3) is 14.5. The molecule has 0 amide bonds. The van der Waals surface area contributed by atoms with Gasteiger partial charge in [-0.15, -0.1) is 6.58 Å². The van der Waals surface area contributed by atoms with Crippen molar-refractivity contribution in [1.29, 1.82) is 10.5 Å². The molecule has 0 aromatic heterocycles. The molecule has 2 heteroatoms. The summed E-state index contributed by atoms with van der Waals surface area (Å²) in [4.78, 5) is 0. The van der Waals surface area contributed by atoms with Crippen LogP contribution in [0.5, 0.6) is 0 Å². The summed E-state index contributed by atoms with van der Waals surface area (Å²) in [5.41, 5.74) is 1.17. The second kappa shape index (κ2) is 14.2. The third-order valence-electron chi connectivity index (χ3n) is 1.09. The Kier molecular flexibility index (Phi) is 14.4. The maximum atomic E-state index is 7.26. The van der Waals surface area contributed by atoms with Crippen molar-refractivity contribution in [2.24, 2.45) is 0 Å². The van der Waals surface area contributed by atoms with E-state index < -0.39 is 0 Å². The molecule has 15 heavy (non-hydrogen) atoms. The lowest BCUT2D eigenvalue weighted by atomic mass is 10.2. The Morgan fingerprint density at radius 1 is 1.07 bits per heavy atom. The maximum Gasteiger partial charge on any atom is 0.181 e. The second-order valence-corrected chi connectivity index (χ2v) is 2.25. The van der Waals surface area contributed by atoms with Crippen LogP contribution in [0.2, 0.25) is 0 Å². The summed E-state index contributed by atoms with van der Waals surface area (Å²) in [6.07, 6.45) is 3.58. The fourth-order valence-corrected chi connectivity index (χ4v) is 0.589. The van der Waals surface area contributed by atoms with Gasteiger partial charge in [0.1, 0.15) is 0 Å². The molecule has 0 aliphatic rings. The van der Waals surface area contributed by atoms with Crippen LogP contribution in [0.15, 0.2) is 49.6 Å². The highest BCUT2D eigenvalue weighted by molar-refractivity contribution is 5.45. The average Bonchev–Trinajstić information content (AvgIpc) is 2.31. The van der Waals surface area contributed by atoms with Crippen molar-refractivity contribution in [3.05, 3.63) is 55.1 Å². The van der Waals surface area contributed by atoms with E-state index in [1.165, 1.54) is 17.7 Å². The van der Waals surface area contributed by atoms with E-state index in [0.29, 0.717) is 0 Å². The molecule has 0 saturated carbocycles. The topological polar surface area (TPSA) is 47.6 Å². The minimum atomic E-state index is 1.17. The molecule has 0 atom stereocenters. The summed E-state index contributed by atoms with van der Waals surface area (Å²) in [6, 6.07) is 12.5. The van der Waals surface area contributed by atoms with Gasteiger partial charge in [-0.05, 0) is 12.5 Å². The molecule has 0 unspecified atom stereocenters. The molecule has 2 nitrogen and oxygen atoms in total. The molecule has 0 heterocycles. The van der Waals surface area contributed by atoms with Crippen LogP contribution in [0, 0.1) is 22.7 Å². The number of rotatable bonds is 1. The molecule has 1 aromatic rings. The van der Waals surface area contributed by atoms with Crippen molar-refractivity contribution in [3.63, 3.8) is 0 Å². The van der Waals surface area contributed by atoms with E-state index in [-0.39, 0.29) is 0 Å². The minimum Gasteiger partial charge on any atom is -0.181 e. The molecule has 0 radical (unpaired) electrons. The standard InChI is InChI=1S/C8H8.C3H6.C2N2/c1-2-8-6-4-3-5-7-8;1-3-2;3-1-2-4/h2-7H,1H2;3H,1H2,2H3;. The van der Waals surface area contributed by atoms with Crippen molar-refractivity contribution in [2.45, 2.75) is 6.92 Å². The zero-order valence-corrected chi connectivity index (χ0v) is 8.85. The van der Waals surface area contributed by atoms with Crippen LogP contribution in [0.1, 0.15) is 12.5 Å². The lowest BCUT2D eigenvalue weighted by Crippen LogP contribution is -1.63. The maximum absolute atomic E-state index is 7.26. The van der Waals surface area contributed by atoms with Crippen molar-refractivity contribution >= 4 is 6.08 Å². The molecule has 76 valence electrons. The van der Waals surface area contributed by atoms with Crippen molar-refractivity contribution in [1.82, 2.24) is 0 Å². The van der Waals surface area contributed by atoms with Gasteiger partial charge in [-0.3, -0.25) is 0 Å². The van der Waals surface area contributed by atoms with Gasteiger partial charge in [-0.1, -0.05) is 49.1 Å². The van der Waals surface area contributed by atoms with Crippen molar-refractivity contribution in [2.75, 3.05) is 0 Å². The highest BCUT2D eigenvalue weighted by atomic mass is 14.3. The number of nitrogens with zero attached hydrogens (tertiary/aromatic N) is 2. The highest BCUT2D eigenvalue weighted by Gasteiger charge is 1.75. The first-order valence-electron chi connectivity index (χ1n) is 4.29. The van der Waals surface area contributed by atoms with Gasteiger partial charge in [0, 0.05) is 0 Å². The quantitative estimate of drug-likeness (QED) is 0.648. The summed E-state index contributed by atoms with van der Waals surface area (Å²) in [5, 5.41) is 14.5. The van der Waals surface area contributed by atoms with Crippen LogP contribution in [0.25, 0.3) is 6.08 Å². The van der Waals surface area contributed by atoms with E-state index in [4.69, 9.17) is 10.5 Å². The number of hydrogen-bond acceptors (Lipinski definition) is 2. The summed E-state index contributed by atoms with van der Waals surface area (Å²) < 4.78 is 0. The van der Waals surface area contributed by atoms with Crippen LogP contribution in [-0.2, 0) is 0 Å². The summed E-state index contributed by atoms with van der Waals surface area (Å²) in [5.74, 6) is 0. The largest absolute Gasteiger partial charge is 0.181 e. The van der Waals surface area contributed by atoms with E-state index in [1.54, 1.807) is 6.08 Å².